The van der Waals surface area contributed by atoms with E-state index in [1.165, 1.54) is 0 Å². The Morgan fingerprint density at radius 1 is 1.70 bits per heavy atom. The fourth-order valence-corrected chi connectivity index (χ4v) is 0.109. The number of carbonyl (C=O) groups excluding carboxylic acids is 1. The van der Waals surface area contributed by atoms with Crippen molar-refractivity contribution in [2.24, 2.45) is 0 Å². The molecule has 0 aromatic carbocycles. The second-order valence-electron chi connectivity index (χ2n) is 1.40. The number of hydrogen-bond acceptors (Lipinski definition) is 1. The summed E-state index contributed by atoms with van der Waals surface area (Å²) in [5.41, 5.74) is 0. The number of unbranched alkanes of at least 4 members (excludes halogenated alkanes) is 1. The third-order valence-electron chi connectivity index (χ3n) is 0.516. The molecule has 0 aliphatic rings. The molecular formula is C7H13FOU. The van der Waals surface area contributed by atoms with Gasteiger partial charge in [0, 0.05) is 0 Å². The predicted molar refractivity (Wildman–Crippen MR) is 36.4 cm³/mol. The smallest absolute Gasteiger partial charge is 0.459 e. The van der Waals surface area contributed by atoms with Crippen LogP contribution in [0.15, 0.2) is 0 Å². The molecule has 0 heterocycles. The zero-order chi connectivity index (χ0) is 7.54. The fourth-order valence-electron chi connectivity index (χ4n) is 0.109. The summed E-state index contributed by atoms with van der Waals surface area (Å²) in [7, 11) is 0. The van der Waals surface area contributed by atoms with Crippen molar-refractivity contribution in [1.82, 2.24) is 0 Å². The van der Waals surface area contributed by atoms with Gasteiger partial charge in [-0.2, -0.15) is 13.1 Å². The third-order valence-corrected chi connectivity index (χ3v) is 0.516. The zero-order valence-electron chi connectivity index (χ0n) is 6.27. The van der Waals surface area contributed by atoms with Crippen LogP contribution in [0.2, 0.25) is 0 Å². The fraction of sp³-hybridized carbons (Fsp3) is 0.571. The van der Waals surface area contributed by atoms with Crippen LogP contribution >= 0.6 is 0 Å². The molecule has 0 rings (SSSR count). The van der Waals surface area contributed by atoms with E-state index in [-0.39, 0.29) is 31.1 Å². The van der Waals surface area contributed by atoms with Crippen LogP contribution in [0.1, 0.15) is 26.2 Å². The minimum Gasteiger partial charge on any atom is -0.459 e. The molecule has 0 saturated heterocycles. The van der Waals surface area contributed by atoms with Crippen LogP contribution in [0.25, 0.3) is 0 Å². The number of hydrogen-bond donors (Lipinski definition) is 0. The summed E-state index contributed by atoms with van der Waals surface area (Å²) in [5.74, 6) is 0. The maximum absolute atomic E-state index is 10.9. The first kappa shape index (κ1) is 16.9. The molecule has 0 fully saturated rings. The van der Waals surface area contributed by atoms with Crippen LogP contribution in [0.5, 0.6) is 0 Å². The average Bonchev–Trinajstić information content (AvgIpc) is 1.91. The average molecular weight is 370 g/mol. The van der Waals surface area contributed by atoms with E-state index in [9.17, 15) is 4.39 Å². The molecule has 0 amide bonds. The zero-order valence-corrected chi connectivity index (χ0v) is 10.4. The van der Waals surface area contributed by atoms with Crippen molar-refractivity contribution in [2.45, 2.75) is 26.2 Å². The maximum atomic E-state index is 10.9. The van der Waals surface area contributed by atoms with Crippen molar-refractivity contribution < 1.29 is 40.3 Å². The van der Waals surface area contributed by atoms with E-state index in [1.807, 2.05) is 6.92 Å². The van der Waals surface area contributed by atoms with Gasteiger partial charge in [-0.3, -0.25) is 0 Å². The van der Waals surface area contributed by atoms with Crippen LogP contribution in [-0.4, -0.2) is 6.29 Å². The third kappa shape index (κ3) is 38.0. The van der Waals surface area contributed by atoms with E-state index in [1.54, 1.807) is 0 Å². The Labute approximate surface area is 86.1 Å². The molecule has 3 heteroatoms. The van der Waals surface area contributed by atoms with Crippen LogP contribution in [0.4, 0.5) is 4.39 Å². The summed E-state index contributed by atoms with van der Waals surface area (Å²) in [6, 6.07) is 0. The Morgan fingerprint density at radius 3 is 2.10 bits per heavy atom. The van der Waals surface area contributed by atoms with Gasteiger partial charge >= 0.3 is 31.1 Å². The Hall–Kier alpha value is 0.652. The molecule has 0 aromatic rings. The summed E-state index contributed by atoms with van der Waals surface area (Å²) in [5, 5.41) is 0. The standard InChI is InChI=1S/C4H8F.C3H5O.U/c1-2-3-4-5;1-2-3-4;/h4H,2-3H2,1H3;3H,1-2H2;/q2*-1;+2. The van der Waals surface area contributed by atoms with E-state index in [4.69, 9.17) is 4.79 Å². The molecule has 0 N–H and O–H groups in total. The van der Waals surface area contributed by atoms with Crippen LogP contribution < -0.4 is 0 Å². The summed E-state index contributed by atoms with van der Waals surface area (Å²) >= 11 is 0. The molecule has 0 aliphatic carbocycles. The van der Waals surface area contributed by atoms with Crippen LogP contribution in [-0.2, 0) is 4.79 Å². The van der Waals surface area contributed by atoms with Gasteiger partial charge in [0.2, 0.25) is 0 Å². The largest absolute Gasteiger partial charge is 2.00 e. The van der Waals surface area contributed by atoms with Crippen molar-refractivity contribution in [1.29, 1.82) is 0 Å². The minimum absolute atomic E-state index is 0. The molecule has 0 aromatic heterocycles. The van der Waals surface area contributed by atoms with E-state index in [2.05, 4.69) is 6.92 Å². The molecule has 10 heavy (non-hydrogen) atoms. The topological polar surface area (TPSA) is 17.1 Å². The van der Waals surface area contributed by atoms with Crippen LogP contribution in [0, 0.1) is 44.7 Å². The van der Waals surface area contributed by atoms with Crippen molar-refractivity contribution in [3.8, 4) is 0 Å². The number of rotatable bonds is 3. The maximum Gasteiger partial charge on any atom is 2.00 e. The summed E-state index contributed by atoms with van der Waals surface area (Å²) in [4.78, 5) is 9.11. The van der Waals surface area contributed by atoms with Crippen molar-refractivity contribution in [2.75, 3.05) is 0 Å². The molecule has 58 valence electrons. The van der Waals surface area contributed by atoms with Gasteiger partial charge in [-0.25, -0.2) is 0 Å². The molecular weight excluding hydrogens is 357 g/mol. The summed E-state index contributed by atoms with van der Waals surface area (Å²) < 4.78 is 10.9. The second-order valence-corrected chi connectivity index (χ2v) is 1.40. The van der Waals surface area contributed by atoms with E-state index < -0.39 is 0 Å². The number of halogens is 1. The first-order valence-electron chi connectivity index (χ1n) is 2.98. The second kappa shape index (κ2) is 22.6. The van der Waals surface area contributed by atoms with Gasteiger partial charge in [0.25, 0.3) is 0 Å². The van der Waals surface area contributed by atoms with Crippen molar-refractivity contribution >= 4 is 6.29 Å². The summed E-state index contributed by atoms with van der Waals surface area (Å²) in [6.07, 6.45) is 2.66. The van der Waals surface area contributed by atoms with Gasteiger partial charge < -0.3 is 16.1 Å². The molecule has 0 aliphatic heterocycles. The monoisotopic (exact) mass is 370 g/mol. The van der Waals surface area contributed by atoms with Gasteiger partial charge in [-0.15, -0.1) is 6.42 Å². The first-order chi connectivity index (χ1) is 4.33. The van der Waals surface area contributed by atoms with Gasteiger partial charge in [0.1, 0.15) is 0 Å². The normalized spacial score (nSPS) is 6.70. The molecule has 0 saturated carbocycles. The Bertz CT molecular complexity index is 48.9. The van der Waals surface area contributed by atoms with E-state index >= 15 is 0 Å². The van der Waals surface area contributed by atoms with Gasteiger partial charge in [-0.05, 0) is 0 Å². The van der Waals surface area contributed by atoms with Gasteiger partial charge in [0.15, 0.2) is 0 Å². The summed E-state index contributed by atoms with van der Waals surface area (Å²) in [6.45, 7) is 5.86. The SMILES string of the molecule is CCC[CH-]F.[CH2-]CC=O.[U+2]. The predicted octanol–water partition coefficient (Wildman–Crippen LogP) is 2.33. The molecule has 1 nitrogen and oxygen atoms in total. The quantitative estimate of drug-likeness (QED) is 0.551. The molecule has 0 spiro atoms. The Morgan fingerprint density at radius 2 is 2.10 bits per heavy atom. The number of carbonyl (C=O) groups is 1. The number of aldehydes is 1. The Kier molecular flexibility index (Phi) is 38.3. The Balaban J connectivity index is -0.0000000910. The molecule has 0 radical (unpaired) electrons. The van der Waals surface area contributed by atoms with E-state index in [0.29, 0.717) is 19.5 Å². The van der Waals surface area contributed by atoms with Gasteiger partial charge in [0.05, 0.1) is 6.29 Å². The van der Waals surface area contributed by atoms with E-state index in [0.717, 1.165) is 12.7 Å². The first-order valence-corrected chi connectivity index (χ1v) is 2.98. The van der Waals surface area contributed by atoms with Crippen molar-refractivity contribution in [3.05, 3.63) is 13.6 Å². The molecule has 0 bridgehead atoms. The van der Waals surface area contributed by atoms with Crippen molar-refractivity contribution in [3.63, 3.8) is 0 Å². The molecule has 0 atom stereocenters. The van der Waals surface area contributed by atoms with Gasteiger partial charge in [-0.1, -0.05) is 13.3 Å². The molecule has 0 unspecified atom stereocenters. The van der Waals surface area contributed by atoms with Crippen LogP contribution in [0.3, 0.4) is 0 Å². The minimum atomic E-state index is 0.